The van der Waals surface area contributed by atoms with Crippen LogP contribution in [0.15, 0.2) is 60.7 Å². The maximum atomic E-state index is 12.4. The smallest absolute Gasteiger partial charge is 0.338 e. The normalized spacial score (nSPS) is 10.7. The molecule has 0 aliphatic carbocycles. The summed E-state index contributed by atoms with van der Waals surface area (Å²) in [6.07, 6.45) is -0.0220. The second-order valence-electron chi connectivity index (χ2n) is 6.59. The van der Waals surface area contributed by atoms with E-state index in [4.69, 9.17) is 14.2 Å². The van der Waals surface area contributed by atoms with Crippen molar-refractivity contribution in [1.29, 1.82) is 0 Å². The number of hydrogen-bond donors (Lipinski definition) is 0. The minimum absolute atomic E-state index is 0.0220. The first kappa shape index (κ1) is 19.4. The van der Waals surface area contributed by atoms with Crippen LogP contribution < -0.4 is 9.47 Å². The number of esters is 1. The second-order valence-corrected chi connectivity index (χ2v) is 6.59. The van der Waals surface area contributed by atoms with Gasteiger partial charge in [-0.2, -0.15) is 0 Å². The second kappa shape index (κ2) is 8.57. The van der Waals surface area contributed by atoms with E-state index < -0.39 is 5.97 Å². The number of ether oxygens (including phenoxy) is 3. The molecule has 0 aliphatic heterocycles. The van der Waals surface area contributed by atoms with Crippen LogP contribution in [0, 0.1) is 0 Å². The van der Waals surface area contributed by atoms with Crippen LogP contribution in [0.25, 0.3) is 10.8 Å². The third-order valence-electron chi connectivity index (χ3n) is 4.17. The summed E-state index contributed by atoms with van der Waals surface area (Å²) in [5.74, 6) is 0.125. The molecule has 5 nitrogen and oxygen atoms in total. The molecule has 3 aromatic rings. The molecule has 0 bridgehead atoms. The average Bonchev–Trinajstić information content (AvgIpc) is 2.71. The van der Waals surface area contributed by atoms with E-state index in [1.54, 1.807) is 30.3 Å². The monoisotopic (exact) mass is 378 g/mol. The van der Waals surface area contributed by atoms with Gasteiger partial charge in [0.25, 0.3) is 0 Å². The summed E-state index contributed by atoms with van der Waals surface area (Å²) >= 11 is 0. The Morgan fingerprint density at radius 2 is 1.57 bits per heavy atom. The number of carbonyl (C=O) groups excluding carboxylic acids is 2. The number of benzene rings is 3. The number of methoxy groups -OCH3 is 1. The van der Waals surface area contributed by atoms with E-state index in [1.165, 1.54) is 7.11 Å². The van der Waals surface area contributed by atoms with Crippen LogP contribution in [-0.2, 0) is 4.74 Å². The molecule has 5 heteroatoms. The maximum Gasteiger partial charge on any atom is 0.338 e. The maximum absolute atomic E-state index is 12.4. The van der Waals surface area contributed by atoms with Gasteiger partial charge in [0.05, 0.1) is 18.8 Å². The lowest BCUT2D eigenvalue weighted by molar-refractivity contribution is 0.0474. The predicted molar refractivity (Wildman–Crippen MR) is 107 cm³/mol. The van der Waals surface area contributed by atoms with Crippen LogP contribution in [0.2, 0.25) is 0 Å². The summed E-state index contributed by atoms with van der Waals surface area (Å²) in [5.41, 5.74) is 0.795. The van der Waals surface area contributed by atoms with Gasteiger partial charge in [-0.05, 0) is 48.9 Å². The molecule has 0 aromatic heterocycles. The van der Waals surface area contributed by atoms with Crippen LogP contribution >= 0.6 is 0 Å². The molecule has 0 unspecified atom stereocenters. The third-order valence-corrected chi connectivity index (χ3v) is 4.17. The lowest BCUT2D eigenvalue weighted by Crippen LogP contribution is -2.14. The Morgan fingerprint density at radius 3 is 2.29 bits per heavy atom. The van der Waals surface area contributed by atoms with Gasteiger partial charge in [0, 0.05) is 5.56 Å². The van der Waals surface area contributed by atoms with Gasteiger partial charge in [0.2, 0.25) is 0 Å². The Bertz CT molecular complexity index is 1010. The van der Waals surface area contributed by atoms with Crippen molar-refractivity contribution in [3.05, 3.63) is 71.8 Å². The molecule has 0 radical (unpaired) electrons. The molecular weight excluding hydrogens is 356 g/mol. The highest BCUT2D eigenvalue weighted by molar-refractivity contribution is 6.02. The Hall–Kier alpha value is -3.34. The molecule has 144 valence electrons. The third kappa shape index (κ3) is 4.49. The average molecular weight is 378 g/mol. The van der Waals surface area contributed by atoms with Gasteiger partial charge in [-0.15, -0.1) is 0 Å². The lowest BCUT2D eigenvalue weighted by Gasteiger charge is -2.14. The topological polar surface area (TPSA) is 61.8 Å². The van der Waals surface area contributed by atoms with Crippen LogP contribution in [0.5, 0.6) is 11.5 Å². The molecule has 0 saturated carbocycles. The van der Waals surface area contributed by atoms with E-state index >= 15 is 0 Å². The van der Waals surface area contributed by atoms with Crippen molar-refractivity contribution < 1.29 is 23.8 Å². The summed E-state index contributed by atoms with van der Waals surface area (Å²) in [5, 5.41) is 2.01. The molecular formula is C23H22O5. The van der Waals surface area contributed by atoms with Crippen LogP contribution in [0.3, 0.4) is 0 Å². The zero-order valence-corrected chi connectivity index (χ0v) is 16.1. The van der Waals surface area contributed by atoms with E-state index in [-0.39, 0.29) is 18.5 Å². The van der Waals surface area contributed by atoms with Crippen molar-refractivity contribution in [2.24, 2.45) is 0 Å². The molecule has 3 rings (SSSR count). The first-order valence-electron chi connectivity index (χ1n) is 9.01. The fourth-order valence-electron chi connectivity index (χ4n) is 2.81. The van der Waals surface area contributed by atoms with Crippen molar-refractivity contribution in [2.75, 3.05) is 13.7 Å². The van der Waals surface area contributed by atoms with Gasteiger partial charge in [-0.3, -0.25) is 4.79 Å². The van der Waals surface area contributed by atoms with E-state index in [9.17, 15) is 9.59 Å². The molecule has 0 heterocycles. The van der Waals surface area contributed by atoms with Gasteiger partial charge < -0.3 is 14.2 Å². The highest BCUT2D eigenvalue weighted by Crippen LogP contribution is 2.29. The fraction of sp³-hybridized carbons (Fsp3) is 0.217. The quantitative estimate of drug-likeness (QED) is 0.441. The van der Waals surface area contributed by atoms with Crippen molar-refractivity contribution in [1.82, 2.24) is 0 Å². The highest BCUT2D eigenvalue weighted by Gasteiger charge is 2.15. The van der Waals surface area contributed by atoms with Gasteiger partial charge >= 0.3 is 5.97 Å². The lowest BCUT2D eigenvalue weighted by atomic mass is 10.0. The summed E-state index contributed by atoms with van der Waals surface area (Å²) < 4.78 is 16.1. The molecule has 0 aliphatic rings. The summed E-state index contributed by atoms with van der Waals surface area (Å²) in [6.45, 7) is 3.48. The summed E-state index contributed by atoms with van der Waals surface area (Å²) in [4.78, 5) is 24.7. The largest absolute Gasteiger partial charge is 0.493 e. The Morgan fingerprint density at radius 1 is 0.857 bits per heavy atom. The van der Waals surface area contributed by atoms with Crippen molar-refractivity contribution in [3.63, 3.8) is 0 Å². The molecule has 0 atom stereocenters. The zero-order valence-electron chi connectivity index (χ0n) is 16.1. The number of hydrogen-bond acceptors (Lipinski definition) is 5. The first-order chi connectivity index (χ1) is 13.5. The SMILES string of the molecule is COc1cc(C(=O)OCC(=O)c2ccc3ccccc3c2)ccc1OC(C)C. The van der Waals surface area contributed by atoms with E-state index in [1.807, 2.05) is 44.2 Å². The van der Waals surface area contributed by atoms with E-state index in [0.29, 0.717) is 22.6 Å². The molecule has 28 heavy (non-hydrogen) atoms. The zero-order chi connectivity index (χ0) is 20.1. The molecule has 0 fully saturated rings. The molecule has 0 amide bonds. The highest BCUT2D eigenvalue weighted by atomic mass is 16.5. The number of fused-ring (bicyclic) bond motifs is 1. The fourth-order valence-corrected chi connectivity index (χ4v) is 2.81. The Kier molecular flexibility index (Phi) is 5.94. The van der Waals surface area contributed by atoms with E-state index in [0.717, 1.165) is 10.8 Å². The standard InChI is InChI=1S/C23H22O5/c1-15(2)28-21-11-10-19(13-22(21)26-3)23(25)27-14-20(24)18-9-8-16-6-4-5-7-17(16)12-18/h4-13,15H,14H2,1-3H3. The number of ketones is 1. The first-order valence-corrected chi connectivity index (χ1v) is 9.01. The summed E-state index contributed by atoms with van der Waals surface area (Å²) in [6, 6.07) is 18.0. The Labute approximate surface area is 163 Å². The van der Waals surface area contributed by atoms with Crippen molar-refractivity contribution >= 4 is 22.5 Å². The van der Waals surface area contributed by atoms with Crippen LogP contribution in [-0.4, -0.2) is 31.6 Å². The molecule has 3 aromatic carbocycles. The molecule has 0 N–H and O–H groups in total. The van der Waals surface area contributed by atoms with Crippen LogP contribution in [0.4, 0.5) is 0 Å². The van der Waals surface area contributed by atoms with Crippen molar-refractivity contribution in [2.45, 2.75) is 20.0 Å². The van der Waals surface area contributed by atoms with Gasteiger partial charge in [0.15, 0.2) is 23.9 Å². The van der Waals surface area contributed by atoms with Crippen molar-refractivity contribution in [3.8, 4) is 11.5 Å². The van der Waals surface area contributed by atoms with Gasteiger partial charge in [-0.1, -0.05) is 36.4 Å². The number of rotatable bonds is 7. The number of carbonyl (C=O) groups is 2. The van der Waals surface area contributed by atoms with Gasteiger partial charge in [0.1, 0.15) is 0 Å². The Balaban J connectivity index is 1.68. The minimum Gasteiger partial charge on any atom is -0.493 e. The molecule has 0 saturated heterocycles. The number of Topliss-reactive ketones (excluding diaryl/α,β-unsaturated/α-hetero) is 1. The summed E-state index contributed by atoms with van der Waals surface area (Å²) in [7, 11) is 1.50. The molecule has 0 spiro atoms. The van der Waals surface area contributed by atoms with Crippen LogP contribution in [0.1, 0.15) is 34.6 Å². The van der Waals surface area contributed by atoms with Gasteiger partial charge in [-0.25, -0.2) is 4.79 Å². The predicted octanol–water partition coefficient (Wildman–Crippen LogP) is 4.68. The van der Waals surface area contributed by atoms with E-state index in [2.05, 4.69) is 0 Å². The minimum atomic E-state index is -0.594.